The van der Waals surface area contributed by atoms with Gasteiger partial charge >= 0.3 is 6.18 Å². The largest absolute Gasteiger partial charge is 0.417 e. The third kappa shape index (κ3) is 3.88. The molecule has 0 spiro atoms. The Bertz CT molecular complexity index is 1440. The molecule has 5 aromatic rings. The number of nitrogens with two attached hydrogens (primary N) is 1. The zero-order valence-corrected chi connectivity index (χ0v) is 16.8. The van der Waals surface area contributed by atoms with E-state index in [4.69, 9.17) is 5.73 Å². The molecule has 0 radical (unpaired) electrons. The molecule has 3 heterocycles. The highest BCUT2D eigenvalue weighted by Crippen LogP contribution is 2.39. The number of fused-ring (bicyclic) bond motifs is 1. The Morgan fingerprint density at radius 3 is 2.39 bits per heavy atom. The normalized spacial score (nSPS) is 11.9. The lowest BCUT2D eigenvalue weighted by Crippen LogP contribution is -2.08. The molecule has 0 saturated carbocycles. The first-order valence-corrected chi connectivity index (χ1v) is 9.76. The quantitative estimate of drug-likeness (QED) is 0.406. The van der Waals surface area contributed by atoms with Crippen LogP contribution >= 0.6 is 0 Å². The Morgan fingerprint density at radius 2 is 1.70 bits per heavy atom. The highest BCUT2D eigenvalue weighted by atomic mass is 19.4. The summed E-state index contributed by atoms with van der Waals surface area (Å²) in [6, 6.07) is 15.1. The van der Waals surface area contributed by atoms with Crippen LogP contribution in [0.4, 0.5) is 23.4 Å². The first kappa shape index (κ1) is 20.6. The summed E-state index contributed by atoms with van der Waals surface area (Å²) in [4.78, 5) is 4.44. The second kappa shape index (κ2) is 7.69. The van der Waals surface area contributed by atoms with E-state index in [2.05, 4.69) is 20.4 Å². The van der Waals surface area contributed by atoms with Gasteiger partial charge in [-0.15, -0.1) is 5.10 Å². The molecule has 0 amide bonds. The number of hydrogen-bond donors (Lipinski definition) is 1. The van der Waals surface area contributed by atoms with Crippen molar-refractivity contribution < 1.29 is 17.6 Å². The lowest BCUT2D eigenvalue weighted by atomic mass is 10.1. The van der Waals surface area contributed by atoms with Crippen molar-refractivity contribution in [2.75, 3.05) is 5.73 Å². The molecule has 0 fully saturated rings. The minimum atomic E-state index is -4.65. The Kier molecular flexibility index (Phi) is 4.81. The number of benzene rings is 2. The Morgan fingerprint density at radius 1 is 0.970 bits per heavy atom. The number of hydrogen-bond acceptors (Lipinski definition) is 5. The van der Waals surface area contributed by atoms with Crippen LogP contribution in [0.15, 0.2) is 66.9 Å². The molecule has 0 atom stereocenters. The van der Waals surface area contributed by atoms with Gasteiger partial charge in [0.1, 0.15) is 11.5 Å². The van der Waals surface area contributed by atoms with Crippen molar-refractivity contribution in [2.45, 2.75) is 12.7 Å². The maximum absolute atomic E-state index is 13.9. The number of halogens is 4. The highest BCUT2D eigenvalue weighted by Gasteiger charge is 2.36. The molecular weight excluding hydrogens is 438 g/mol. The maximum Gasteiger partial charge on any atom is 0.417 e. The topological polar surface area (TPSA) is 87.4 Å². The van der Waals surface area contributed by atoms with Crippen LogP contribution < -0.4 is 5.73 Å². The van der Waals surface area contributed by atoms with Crippen molar-refractivity contribution in [3.05, 3.63) is 83.9 Å². The van der Waals surface area contributed by atoms with Gasteiger partial charge in [0.2, 0.25) is 0 Å². The van der Waals surface area contributed by atoms with E-state index in [1.807, 2.05) is 0 Å². The summed E-state index contributed by atoms with van der Waals surface area (Å²) in [7, 11) is 0. The molecule has 0 aliphatic carbocycles. The predicted octanol–water partition coefficient (Wildman–Crippen LogP) is 4.47. The predicted molar refractivity (Wildman–Crippen MR) is 113 cm³/mol. The SMILES string of the molecule is Nc1nn(Cc2cn(-c3ccc(F)cc3)nn2)c2nc(-c3ccccc3)cc(C(F)(F)F)c12. The lowest BCUT2D eigenvalue weighted by Gasteiger charge is -2.11. The first-order valence-electron chi connectivity index (χ1n) is 9.76. The molecule has 3 aromatic heterocycles. The minimum Gasteiger partial charge on any atom is -0.382 e. The smallest absolute Gasteiger partial charge is 0.382 e. The fraction of sp³-hybridized carbons (Fsp3) is 0.0909. The van der Waals surface area contributed by atoms with Crippen molar-refractivity contribution in [1.82, 2.24) is 29.8 Å². The molecule has 0 bridgehead atoms. The van der Waals surface area contributed by atoms with Gasteiger partial charge in [-0.1, -0.05) is 35.5 Å². The lowest BCUT2D eigenvalue weighted by molar-refractivity contribution is -0.136. The van der Waals surface area contributed by atoms with Gasteiger partial charge in [-0.05, 0) is 30.3 Å². The number of anilines is 1. The molecule has 0 saturated heterocycles. The van der Waals surface area contributed by atoms with Crippen molar-refractivity contribution in [1.29, 1.82) is 0 Å². The molecule has 5 rings (SSSR count). The highest BCUT2D eigenvalue weighted by molar-refractivity contribution is 5.92. The fourth-order valence-corrected chi connectivity index (χ4v) is 3.53. The molecular formula is C22H15F4N7. The van der Waals surface area contributed by atoms with Crippen molar-refractivity contribution >= 4 is 16.9 Å². The molecule has 166 valence electrons. The van der Waals surface area contributed by atoms with Crippen LogP contribution in [0.3, 0.4) is 0 Å². The van der Waals surface area contributed by atoms with E-state index in [1.165, 1.54) is 33.6 Å². The summed E-state index contributed by atoms with van der Waals surface area (Å²) in [6.45, 7) is -0.0164. The van der Waals surface area contributed by atoms with Gasteiger partial charge < -0.3 is 5.73 Å². The van der Waals surface area contributed by atoms with E-state index in [0.29, 0.717) is 16.9 Å². The molecule has 11 heteroatoms. The van der Waals surface area contributed by atoms with Crippen molar-refractivity contribution in [3.63, 3.8) is 0 Å². The number of aromatic nitrogens is 6. The standard InChI is InChI=1S/C22H15F4N7/c23-14-6-8-16(9-7-14)32-11-15(29-31-32)12-33-21-19(20(27)30-33)17(22(24,25)26)10-18(28-21)13-4-2-1-3-5-13/h1-11H,12H2,(H2,27,30). The number of rotatable bonds is 4. The van der Waals surface area contributed by atoms with Crippen LogP contribution in [0.5, 0.6) is 0 Å². The summed E-state index contributed by atoms with van der Waals surface area (Å²) < 4.78 is 57.5. The van der Waals surface area contributed by atoms with Crippen LogP contribution in [0.1, 0.15) is 11.3 Å². The Hall–Kier alpha value is -4.28. The van der Waals surface area contributed by atoms with Crippen molar-refractivity contribution in [3.8, 4) is 16.9 Å². The number of pyridine rings is 1. The van der Waals surface area contributed by atoms with E-state index in [1.54, 1.807) is 36.5 Å². The Labute approximate surface area is 184 Å². The van der Waals surface area contributed by atoms with Gasteiger partial charge in [0, 0.05) is 5.56 Å². The average molecular weight is 453 g/mol. The summed E-state index contributed by atoms with van der Waals surface area (Å²) >= 11 is 0. The number of nitrogens with zero attached hydrogens (tertiary/aromatic N) is 6. The molecule has 0 unspecified atom stereocenters. The number of nitrogen functional groups attached to an aromatic ring is 1. The van der Waals surface area contributed by atoms with Gasteiger partial charge in [-0.25, -0.2) is 18.7 Å². The van der Waals surface area contributed by atoms with Gasteiger partial charge in [-0.2, -0.15) is 18.3 Å². The van der Waals surface area contributed by atoms with Crippen LogP contribution in [-0.4, -0.2) is 29.8 Å². The average Bonchev–Trinajstić information content (AvgIpc) is 3.38. The van der Waals surface area contributed by atoms with E-state index in [-0.39, 0.29) is 29.1 Å². The van der Waals surface area contributed by atoms with Gasteiger partial charge in [0.05, 0.1) is 35.1 Å². The van der Waals surface area contributed by atoms with Crippen LogP contribution in [-0.2, 0) is 12.7 Å². The monoisotopic (exact) mass is 453 g/mol. The molecule has 33 heavy (non-hydrogen) atoms. The third-order valence-electron chi connectivity index (χ3n) is 5.05. The molecule has 2 N–H and O–H groups in total. The maximum atomic E-state index is 13.9. The van der Waals surface area contributed by atoms with E-state index >= 15 is 0 Å². The zero-order chi connectivity index (χ0) is 23.2. The second-order valence-corrected chi connectivity index (χ2v) is 7.29. The number of alkyl halides is 3. The third-order valence-corrected chi connectivity index (χ3v) is 5.05. The summed E-state index contributed by atoms with van der Waals surface area (Å²) in [5, 5.41) is 11.9. The van der Waals surface area contributed by atoms with Gasteiger partial charge in [0.15, 0.2) is 11.5 Å². The minimum absolute atomic E-state index is 0.0162. The second-order valence-electron chi connectivity index (χ2n) is 7.29. The van der Waals surface area contributed by atoms with E-state index in [0.717, 1.165) is 6.07 Å². The van der Waals surface area contributed by atoms with E-state index < -0.39 is 17.6 Å². The Balaban J connectivity index is 1.60. The summed E-state index contributed by atoms with van der Waals surface area (Å²) in [5.74, 6) is -0.672. The van der Waals surface area contributed by atoms with Crippen LogP contribution in [0, 0.1) is 5.82 Å². The van der Waals surface area contributed by atoms with Crippen LogP contribution in [0.25, 0.3) is 28.0 Å². The fourth-order valence-electron chi connectivity index (χ4n) is 3.53. The summed E-state index contributed by atoms with van der Waals surface area (Å²) in [6.07, 6.45) is -3.08. The summed E-state index contributed by atoms with van der Waals surface area (Å²) in [5.41, 5.74) is 6.60. The zero-order valence-electron chi connectivity index (χ0n) is 16.8. The van der Waals surface area contributed by atoms with Gasteiger partial charge in [-0.3, -0.25) is 0 Å². The van der Waals surface area contributed by atoms with Gasteiger partial charge in [0.25, 0.3) is 0 Å². The molecule has 0 aliphatic rings. The van der Waals surface area contributed by atoms with Crippen LogP contribution in [0.2, 0.25) is 0 Å². The van der Waals surface area contributed by atoms with E-state index in [9.17, 15) is 17.6 Å². The van der Waals surface area contributed by atoms with Crippen molar-refractivity contribution in [2.24, 2.45) is 0 Å². The molecule has 7 nitrogen and oxygen atoms in total. The molecule has 0 aliphatic heterocycles. The molecule has 2 aromatic carbocycles. The first-order chi connectivity index (χ1) is 15.8.